The van der Waals surface area contributed by atoms with Crippen molar-refractivity contribution in [2.75, 3.05) is 69.8 Å². The summed E-state index contributed by atoms with van der Waals surface area (Å²) in [5, 5.41) is 10.8. The van der Waals surface area contributed by atoms with Crippen LogP contribution in [-0.4, -0.2) is 75.0 Å². The lowest BCUT2D eigenvalue weighted by atomic mass is 10.1. The quantitative estimate of drug-likeness (QED) is 0.542. The highest BCUT2D eigenvalue weighted by Crippen LogP contribution is 2.36. The number of anilines is 2. The van der Waals surface area contributed by atoms with Gasteiger partial charge in [0, 0.05) is 73.6 Å². The Morgan fingerprint density at radius 3 is 2.50 bits per heavy atom. The number of aromatic nitrogens is 1. The van der Waals surface area contributed by atoms with Crippen molar-refractivity contribution in [1.29, 1.82) is 0 Å². The lowest BCUT2D eigenvalue weighted by Crippen LogP contribution is -2.21. The fourth-order valence-electron chi connectivity index (χ4n) is 5.05. The second kappa shape index (κ2) is 10.2. The molecule has 6 nitrogen and oxygen atoms in total. The number of pyridine rings is 1. The van der Waals surface area contributed by atoms with E-state index in [1.807, 2.05) is 6.07 Å². The Morgan fingerprint density at radius 1 is 1.00 bits per heavy atom. The van der Waals surface area contributed by atoms with Gasteiger partial charge in [-0.3, -0.25) is 0 Å². The van der Waals surface area contributed by atoms with Crippen molar-refractivity contribution in [1.82, 2.24) is 9.88 Å². The lowest BCUT2D eigenvalue weighted by Gasteiger charge is -2.22. The van der Waals surface area contributed by atoms with Gasteiger partial charge in [-0.2, -0.15) is 0 Å². The number of hydrogen-bond donors (Lipinski definition) is 1. The minimum atomic E-state index is 0.244. The number of rotatable bonds is 8. The average Bonchev–Trinajstić information content (AvgIpc) is 3.56. The van der Waals surface area contributed by atoms with Gasteiger partial charge in [-0.05, 0) is 63.7 Å². The zero-order valence-corrected chi connectivity index (χ0v) is 20.4. The van der Waals surface area contributed by atoms with Gasteiger partial charge in [0.2, 0.25) is 0 Å². The normalized spacial score (nSPS) is 18.4. The SMILES string of the molecule is CN(C)CCOc1ccc2c(N3CCC(CO)C3)cc(-c3ccc(N4CCCC4)cc3)nc2c1. The molecule has 6 heteroatoms. The molecule has 1 atom stereocenters. The first-order valence-electron chi connectivity index (χ1n) is 12.5. The van der Waals surface area contributed by atoms with Crippen LogP contribution in [0.25, 0.3) is 22.2 Å². The van der Waals surface area contributed by atoms with Crippen molar-refractivity contribution in [3.05, 3.63) is 48.5 Å². The van der Waals surface area contributed by atoms with Crippen LogP contribution >= 0.6 is 0 Å². The molecule has 0 amide bonds. The van der Waals surface area contributed by atoms with Crippen molar-refractivity contribution in [3.63, 3.8) is 0 Å². The number of ether oxygens (including phenoxy) is 1. The summed E-state index contributed by atoms with van der Waals surface area (Å²) in [6.07, 6.45) is 3.58. The summed E-state index contributed by atoms with van der Waals surface area (Å²) in [6, 6.07) is 17.3. The summed E-state index contributed by atoms with van der Waals surface area (Å²) in [5.74, 6) is 1.18. The largest absolute Gasteiger partial charge is 0.492 e. The van der Waals surface area contributed by atoms with Crippen LogP contribution in [-0.2, 0) is 0 Å². The molecule has 1 unspecified atom stereocenters. The highest BCUT2D eigenvalue weighted by atomic mass is 16.5. The summed E-state index contributed by atoms with van der Waals surface area (Å²) in [7, 11) is 4.10. The molecule has 34 heavy (non-hydrogen) atoms. The zero-order chi connectivity index (χ0) is 23.5. The molecule has 2 saturated heterocycles. The lowest BCUT2D eigenvalue weighted by molar-refractivity contribution is 0.238. The molecule has 2 aliphatic heterocycles. The minimum Gasteiger partial charge on any atom is -0.492 e. The van der Waals surface area contributed by atoms with Crippen LogP contribution in [0.15, 0.2) is 48.5 Å². The Kier molecular flexibility index (Phi) is 6.88. The Labute approximate surface area is 202 Å². The van der Waals surface area contributed by atoms with E-state index in [1.165, 1.54) is 24.2 Å². The van der Waals surface area contributed by atoms with Crippen LogP contribution in [0, 0.1) is 5.92 Å². The van der Waals surface area contributed by atoms with Crippen LogP contribution in [0.1, 0.15) is 19.3 Å². The van der Waals surface area contributed by atoms with Crippen LogP contribution in [0.2, 0.25) is 0 Å². The molecule has 180 valence electrons. The molecular formula is C28H36N4O2. The molecule has 3 aromatic rings. The van der Waals surface area contributed by atoms with Crippen molar-refractivity contribution in [2.45, 2.75) is 19.3 Å². The van der Waals surface area contributed by atoms with E-state index in [1.54, 1.807) is 0 Å². The number of aliphatic hydroxyl groups excluding tert-OH is 1. The molecule has 2 aromatic carbocycles. The fraction of sp³-hybridized carbons (Fsp3) is 0.464. The van der Waals surface area contributed by atoms with Gasteiger partial charge in [-0.1, -0.05) is 12.1 Å². The second-order valence-electron chi connectivity index (χ2n) is 9.88. The van der Waals surface area contributed by atoms with E-state index in [0.717, 1.165) is 67.1 Å². The summed E-state index contributed by atoms with van der Waals surface area (Å²) in [4.78, 5) is 12.0. The van der Waals surface area contributed by atoms with Crippen LogP contribution < -0.4 is 14.5 Å². The second-order valence-corrected chi connectivity index (χ2v) is 9.88. The smallest absolute Gasteiger partial charge is 0.121 e. The van der Waals surface area contributed by atoms with Gasteiger partial charge < -0.3 is 24.5 Å². The Bertz CT molecular complexity index is 1110. The van der Waals surface area contributed by atoms with Crippen molar-refractivity contribution < 1.29 is 9.84 Å². The molecule has 1 aromatic heterocycles. The summed E-state index contributed by atoms with van der Waals surface area (Å²) in [6.45, 7) is 5.89. The van der Waals surface area contributed by atoms with E-state index in [9.17, 15) is 5.11 Å². The topological polar surface area (TPSA) is 52.1 Å². The van der Waals surface area contributed by atoms with E-state index in [2.05, 4.69) is 71.3 Å². The monoisotopic (exact) mass is 460 g/mol. The van der Waals surface area contributed by atoms with Gasteiger partial charge in [-0.15, -0.1) is 0 Å². The first kappa shape index (κ1) is 22.9. The zero-order valence-electron chi connectivity index (χ0n) is 20.4. The molecule has 0 saturated carbocycles. The molecule has 0 aliphatic carbocycles. The molecule has 2 fully saturated rings. The van der Waals surface area contributed by atoms with E-state index < -0.39 is 0 Å². The molecule has 0 bridgehead atoms. The summed E-state index contributed by atoms with van der Waals surface area (Å²) >= 11 is 0. The Morgan fingerprint density at radius 2 is 1.79 bits per heavy atom. The molecular weight excluding hydrogens is 424 g/mol. The van der Waals surface area contributed by atoms with Gasteiger partial charge in [0.25, 0.3) is 0 Å². The first-order valence-corrected chi connectivity index (χ1v) is 12.5. The summed E-state index contributed by atoms with van der Waals surface area (Å²) < 4.78 is 6.01. The van der Waals surface area contributed by atoms with E-state index in [4.69, 9.17) is 9.72 Å². The highest BCUT2D eigenvalue weighted by Gasteiger charge is 2.24. The van der Waals surface area contributed by atoms with Crippen molar-refractivity contribution in [2.24, 2.45) is 5.92 Å². The molecule has 3 heterocycles. The Hall–Kier alpha value is -2.83. The van der Waals surface area contributed by atoms with Crippen LogP contribution in [0.3, 0.4) is 0 Å². The number of likely N-dealkylation sites (N-methyl/N-ethyl adjacent to an activating group) is 1. The van der Waals surface area contributed by atoms with Gasteiger partial charge in [0.1, 0.15) is 12.4 Å². The standard InChI is InChI=1S/C28H36N4O2/c1-30(2)15-16-34-24-9-10-25-27(17-24)29-26(18-28(25)32-14-11-21(19-32)20-33)22-5-7-23(8-6-22)31-12-3-4-13-31/h5-10,17-18,21,33H,3-4,11-16,19-20H2,1-2H3. The number of hydrogen-bond acceptors (Lipinski definition) is 6. The van der Waals surface area contributed by atoms with E-state index in [0.29, 0.717) is 12.5 Å². The highest BCUT2D eigenvalue weighted by molar-refractivity contribution is 5.95. The molecule has 5 rings (SSSR count). The third-order valence-corrected chi connectivity index (χ3v) is 7.09. The number of aliphatic hydroxyl groups is 1. The molecule has 2 aliphatic rings. The number of nitrogens with zero attached hydrogens (tertiary/aromatic N) is 4. The van der Waals surface area contributed by atoms with Gasteiger partial charge in [-0.25, -0.2) is 4.98 Å². The third-order valence-electron chi connectivity index (χ3n) is 7.09. The van der Waals surface area contributed by atoms with Crippen LogP contribution in [0.5, 0.6) is 5.75 Å². The predicted molar refractivity (Wildman–Crippen MR) is 140 cm³/mol. The predicted octanol–water partition coefficient (Wildman–Crippen LogP) is 4.26. The van der Waals surface area contributed by atoms with Crippen molar-refractivity contribution in [3.8, 4) is 17.0 Å². The van der Waals surface area contributed by atoms with E-state index >= 15 is 0 Å². The van der Waals surface area contributed by atoms with E-state index in [-0.39, 0.29) is 6.61 Å². The maximum absolute atomic E-state index is 9.69. The maximum atomic E-state index is 9.69. The molecule has 1 N–H and O–H groups in total. The first-order chi connectivity index (χ1) is 16.6. The number of fused-ring (bicyclic) bond motifs is 1. The maximum Gasteiger partial charge on any atom is 0.121 e. The van der Waals surface area contributed by atoms with Crippen LogP contribution in [0.4, 0.5) is 11.4 Å². The fourth-order valence-corrected chi connectivity index (χ4v) is 5.05. The minimum absolute atomic E-state index is 0.244. The average molecular weight is 461 g/mol. The number of benzene rings is 2. The Balaban J connectivity index is 1.49. The molecule has 0 radical (unpaired) electrons. The molecule has 0 spiro atoms. The third kappa shape index (κ3) is 4.98. The van der Waals surface area contributed by atoms with Gasteiger partial charge in [0.05, 0.1) is 11.2 Å². The van der Waals surface area contributed by atoms with Gasteiger partial charge in [0.15, 0.2) is 0 Å². The summed E-state index contributed by atoms with van der Waals surface area (Å²) in [5.41, 5.74) is 5.55. The van der Waals surface area contributed by atoms with Gasteiger partial charge >= 0.3 is 0 Å². The van der Waals surface area contributed by atoms with Crippen molar-refractivity contribution >= 4 is 22.3 Å².